The van der Waals surface area contributed by atoms with E-state index in [9.17, 15) is 24.3 Å². The first-order chi connectivity index (χ1) is 14.8. The smallest absolute Gasteiger partial charge is 0.333 e. The number of fused-ring (bicyclic) bond motifs is 1. The van der Waals surface area contributed by atoms with E-state index in [4.69, 9.17) is 5.11 Å². The van der Waals surface area contributed by atoms with Crippen LogP contribution < -0.4 is 16.6 Å². The van der Waals surface area contributed by atoms with Crippen molar-refractivity contribution in [2.45, 2.75) is 58.0 Å². The Labute approximate surface area is 211 Å². The minimum absolute atomic E-state index is 0. The van der Waals surface area contributed by atoms with Gasteiger partial charge >= 0.3 is 17.6 Å². The van der Waals surface area contributed by atoms with E-state index in [2.05, 4.69) is 10.3 Å². The number of hydrogen-bond acceptors (Lipinski definition) is 6. The fourth-order valence-corrected chi connectivity index (χ4v) is 4.19. The Morgan fingerprint density at radius 2 is 1.73 bits per heavy atom. The highest BCUT2D eigenvalue weighted by Crippen LogP contribution is 2.20. The number of aromatic nitrogens is 4. The Morgan fingerprint density at radius 1 is 1.06 bits per heavy atom. The Balaban J connectivity index is 0.00000272. The van der Waals surface area contributed by atoms with E-state index in [-0.39, 0.29) is 58.1 Å². The van der Waals surface area contributed by atoms with Crippen molar-refractivity contribution in [1.29, 1.82) is 0 Å². The molecule has 0 bridgehead atoms. The number of halogens is 2. The molecule has 186 valence electrons. The molecular weight excluding hydrogens is 566 g/mol. The zero-order valence-electron chi connectivity index (χ0n) is 18.5. The number of imidazole rings is 1. The van der Waals surface area contributed by atoms with Crippen molar-refractivity contribution in [3.05, 3.63) is 26.7 Å². The Morgan fingerprint density at radius 3 is 2.33 bits per heavy atom. The normalized spacial score (nSPS) is 14.0. The van der Waals surface area contributed by atoms with Crippen LogP contribution in [0.4, 0.5) is 0 Å². The summed E-state index contributed by atoms with van der Waals surface area (Å²) in [6.45, 7) is 1.40. The molecule has 1 aliphatic heterocycles. The molecule has 0 spiro atoms. The number of aryl methyl sites for hydroxylation is 2. The van der Waals surface area contributed by atoms with Gasteiger partial charge < -0.3 is 20.1 Å². The average Bonchev–Trinajstić information content (AvgIpc) is 3.06. The number of nitrogens with zero attached hydrogens (tertiary/aromatic N) is 4. The maximum atomic E-state index is 13.0. The summed E-state index contributed by atoms with van der Waals surface area (Å²) < 4.78 is 3.69. The van der Waals surface area contributed by atoms with E-state index >= 15 is 0 Å². The van der Waals surface area contributed by atoms with Crippen molar-refractivity contribution in [3.8, 4) is 0 Å². The largest absolute Gasteiger partial charge is 0.481 e. The van der Waals surface area contributed by atoms with Crippen molar-refractivity contribution in [2.24, 2.45) is 13.0 Å². The second-order valence-electron chi connectivity index (χ2n) is 8.06. The highest BCUT2D eigenvalue weighted by atomic mass is 79.9. The maximum absolute atomic E-state index is 13.0. The minimum atomic E-state index is -1.20. The van der Waals surface area contributed by atoms with Gasteiger partial charge in [0, 0.05) is 26.4 Å². The van der Waals surface area contributed by atoms with Crippen LogP contribution in [-0.2, 0) is 36.1 Å². The first kappa shape index (κ1) is 29.0. The van der Waals surface area contributed by atoms with Crippen molar-refractivity contribution in [3.63, 3.8) is 0 Å². The molecule has 0 aromatic carbocycles. The van der Waals surface area contributed by atoms with E-state index < -0.39 is 29.7 Å². The minimum Gasteiger partial charge on any atom is -0.481 e. The van der Waals surface area contributed by atoms with Crippen LogP contribution in [0.1, 0.15) is 44.3 Å². The monoisotopic (exact) mass is 595 g/mol. The predicted molar refractivity (Wildman–Crippen MR) is 133 cm³/mol. The molecule has 13 heteroatoms. The van der Waals surface area contributed by atoms with Crippen molar-refractivity contribution in [2.75, 3.05) is 13.1 Å². The molecule has 0 saturated carbocycles. The summed E-state index contributed by atoms with van der Waals surface area (Å²) in [6, 6.07) is 0. The van der Waals surface area contributed by atoms with Crippen LogP contribution in [-0.4, -0.2) is 53.9 Å². The number of hydrogen-bond donors (Lipinski definition) is 3. The van der Waals surface area contributed by atoms with Gasteiger partial charge in [-0.1, -0.05) is 0 Å². The molecule has 1 saturated heterocycles. The predicted octanol–water partition coefficient (Wildman–Crippen LogP) is 1.32. The summed E-state index contributed by atoms with van der Waals surface area (Å²) in [6.07, 6.45) is 4.26. The first-order valence-electron chi connectivity index (χ1n) is 10.6. The molecule has 3 heterocycles. The van der Waals surface area contributed by atoms with Gasteiger partial charge in [0.15, 0.2) is 11.2 Å². The van der Waals surface area contributed by atoms with Gasteiger partial charge in [-0.05, 0) is 51.1 Å². The Bertz CT molecular complexity index is 1090. The number of piperidine rings is 1. The highest BCUT2D eigenvalue weighted by Gasteiger charge is 2.22. The maximum Gasteiger partial charge on any atom is 0.333 e. The summed E-state index contributed by atoms with van der Waals surface area (Å²) in [7, 11) is 1.70. The van der Waals surface area contributed by atoms with Gasteiger partial charge in [-0.3, -0.25) is 23.5 Å². The highest BCUT2D eigenvalue weighted by molar-refractivity contribution is 8.93. The Hall–Kier alpha value is -1.99. The number of carboxylic acid groups (broad SMARTS) is 2. The van der Waals surface area contributed by atoms with Crippen LogP contribution in [0.5, 0.6) is 0 Å². The summed E-state index contributed by atoms with van der Waals surface area (Å²) in [4.78, 5) is 52.5. The van der Waals surface area contributed by atoms with E-state index in [1.54, 1.807) is 11.6 Å². The molecule has 2 aromatic heterocycles. The van der Waals surface area contributed by atoms with Crippen LogP contribution >= 0.6 is 34.0 Å². The molecule has 3 rings (SSSR count). The lowest BCUT2D eigenvalue weighted by molar-refractivity contribution is -0.138. The second kappa shape index (κ2) is 13.0. The van der Waals surface area contributed by atoms with Gasteiger partial charge in [0.05, 0.1) is 0 Å². The molecule has 0 atom stereocenters. The lowest BCUT2D eigenvalue weighted by Gasteiger charge is -2.22. The Kier molecular flexibility index (Phi) is 11.5. The van der Waals surface area contributed by atoms with Gasteiger partial charge in [0.25, 0.3) is 5.56 Å². The fraction of sp³-hybridized carbons (Fsp3) is 0.650. The topological polar surface area (TPSA) is 148 Å². The van der Waals surface area contributed by atoms with E-state index in [1.165, 1.54) is 0 Å². The molecule has 0 amide bonds. The van der Waals surface area contributed by atoms with E-state index in [1.807, 2.05) is 0 Å². The molecule has 1 fully saturated rings. The SMILES string of the molecule is Br.Br.Cn1c(CCC2CCNCC2)nc2c(=O)n(CCCCC(=O)O)c(=O)n(CC(=O)O)c21. The van der Waals surface area contributed by atoms with Crippen LogP contribution in [0.25, 0.3) is 11.2 Å². The molecule has 0 unspecified atom stereocenters. The molecule has 2 aromatic rings. The second-order valence-corrected chi connectivity index (χ2v) is 8.06. The number of carboxylic acids is 2. The molecule has 33 heavy (non-hydrogen) atoms. The van der Waals surface area contributed by atoms with Gasteiger partial charge in [-0.15, -0.1) is 34.0 Å². The zero-order valence-corrected chi connectivity index (χ0v) is 21.9. The van der Waals surface area contributed by atoms with E-state index in [0.29, 0.717) is 31.0 Å². The van der Waals surface area contributed by atoms with Crippen LogP contribution in [0, 0.1) is 5.92 Å². The average molecular weight is 597 g/mol. The quantitative estimate of drug-likeness (QED) is 0.348. The standard InChI is InChI=1S/C20H29N5O6.2BrH/c1-23-14(6-5-13-7-9-21-10-8-13)22-17-18(23)25(12-16(28)29)20(31)24(19(17)30)11-3-2-4-15(26)27;;/h13,21H,2-12H2,1H3,(H,26,27)(H,28,29);2*1H. The van der Waals surface area contributed by atoms with Gasteiger partial charge in [0.2, 0.25) is 0 Å². The van der Waals surface area contributed by atoms with Gasteiger partial charge in [0.1, 0.15) is 12.4 Å². The summed E-state index contributed by atoms with van der Waals surface area (Å²) in [5.74, 6) is -0.938. The lowest BCUT2D eigenvalue weighted by atomic mass is 9.93. The third-order valence-corrected chi connectivity index (χ3v) is 5.87. The molecule has 3 N–H and O–H groups in total. The van der Waals surface area contributed by atoms with Crippen molar-refractivity contribution in [1.82, 2.24) is 24.0 Å². The zero-order chi connectivity index (χ0) is 22.5. The number of unbranched alkanes of at least 4 members (excludes halogenated alkanes) is 1. The first-order valence-corrected chi connectivity index (χ1v) is 10.6. The van der Waals surface area contributed by atoms with Crippen LogP contribution in [0.3, 0.4) is 0 Å². The molecule has 0 radical (unpaired) electrons. The number of aliphatic carboxylic acids is 2. The molecule has 1 aliphatic rings. The third-order valence-electron chi connectivity index (χ3n) is 5.87. The number of carbonyl (C=O) groups is 2. The summed E-state index contributed by atoms with van der Waals surface area (Å²) in [5.41, 5.74) is -1.01. The molecule has 11 nitrogen and oxygen atoms in total. The number of rotatable bonds is 10. The van der Waals surface area contributed by atoms with Crippen LogP contribution in [0.15, 0.2) is 9.59 Å². The number of nitrogens with one attached hydrogen (secondary N) is 1. The molecule has 0 aliphatic carbocycles. The van der Waals surface area contributed by atoms with Crippen LogP contribution in [0.2, 0.25) is 0 Å². The summed E-state index contributed by atoms with van der Waals surface area (Å²) >= 11 is 0. The van der Waals surface area contributed by atoms with Crippen molar-refractivity contribution >= 4 is 57.1 Å². The summed E-state index contributed by atoms with van der Waals surface area (Å²) in [5, 5.41) is 21.4. The van der Waals surface area contributed by atoms with Gasteiger partial charge in [-0.25, -0.2) is 9.78 Å². The van der Waals surface area contributed by atoms with E-state index in [0.717, 1.165) is 41.5 Å². The third kappa shape index (κ3) is 7.00. The lowest BCUT2D eigenvalue weighted by Crippen LogP contribution is -2.41. The van der Waals surface area contributed by atoms with Gasteiger partial charge in [-0.2, -0.15) is 0 Å². The fourth-order valence-electron chi connectivity index (χ4n) is 4.19. The van der Waals surface area contributed by atoms with Crippen molar-refractivity contribution < 1.29 is 19.8 Å². The molecular formula is C20H31Br2N5O6.